The molecule has 0 aliphatic heterocycles. The molecule has 3 aromatic rings. The number of aliphatic hydroxyl groups is 1. The minimum absolute atomic E-state index is 0.00486. The molecule has 0 saturated heterocycles. The van der Waals surface area contributed by atoms with Crippen LogP contribution in [0.4, 0.5) is 5.82 Å². The molecule has 1 aromatic heterocycles. The largest absolute Gasteiger partial charge is 0.390 e. The van der Waals surface area contributed by atoms with Gasteiger partial charge in [-0.25, -0.2) is 4.98 Å². The average molecular weight is 455 g/mol. The van der Waals surface area contributed by atoms with Gasteiger partial charge in [0.15, 0.2) is 0 Å². The van der Waals surface area contributed by atoms with E-state index in [0.717, 1.165) is 51.4 Å². The summed E-state index contributed by atoms with van der Waals surface area (Å²) in [6.45, 7) is 2.16. The van der Waals surface area contributed by atoms with Gasteiger partial charge in [-0.15, -0.1) is 0 Å². The topological polar surface area (TPSA) is 62.2 Å². The summed E-state index contributed by atoms with van der Waals surface area (Å²) in [4.78, 5) is 17.1. The van der Waals surface area contributed by atoms with Crippen molar-refractivity contribution in [3.05, 3.63) is 95.2 Å². The van der Waals surface area contributed by atoms with Crippen LogP contribution in [0.2, 0.25) is 0 Å². The SMILES string of the molecule is CCC[C@@]1(O)CC[C@@]2(Cc3ccccc3)c3ccc(C(=O)Nc4ccccn4)cc3CC[C@@H]2C1. The van der Waals surface area contributed by atoms with E-state index in [1.165, 1.54) is 16.7 Å². The Morgan fingerprint density at radius 1 is 1.09 bits per heavy atom. The lowest BCUT2D eigenvalue weighted by molar-refractivity contribution is -0.0565. The van der Waals surface area contributed by atoms with E-state index >= 15 is 0 Å². The number of carbonyl (C=O) groups is 1. The van der Waals surface area contributed by atoms with E-state index in [0.29, 0.717) is 17.3 Å². The molecule has 0 bridgehead atoms. The van der Waals surface area contributed by atoms with Gasteiger partial charge in [0.1, 0.15) is 5.82 Å². The summed E-state index contributed by atoms with van der Waals surface area (Å²) < 4.78 is 0. The number of fused-ring (bicyclic) bond motifs is 3. The molecule has 0 radical (unpaired) electrons. The molecule has 2 N–H and O–H groups in total. The van der Waals surface area contributed by atoms with Crippen LogP contribution in [0, 0.1) is 5.92 Å². The number of nitrogens with zero attached hydrogens (tertiary/aromatic N) is 1. The van der Waals surface area contributed by atoms with Crippen LogP contribution in [0.5, 0.6) is 0 Å². The van der Waals surface area contributed by atoms with Gasteiger partial charge in [0.2, 0.25) is 0 Å². The number of nitrogens with one attached hydrogen (secondary N) is 1. The summed E-state index contributed by atoms with van der Waals surface area (Å²) in [6, 6.07) is 22.5. The van der Waals surface area contributed by atoms with E-state index in [-0.39, 0.29) is 11.3 Å². The zero-order valence-electron chi connectivity index (χ0n) is 20.0. The fourth-order valence-corrected chi connectivity index (χ4v) is 6.51. The zero-order valence-corrected chi connectivity index (χ0v) is 20.0. The molecule has 4 heteroatoms. The molecule has 5 rings (SSSR count). The van der Waals surface area contributed by atoms with Crippen molar-refractivity contribution in [2.75, 3.05) is 5.32 Å². The van der Waals surface area contributed by atoms with Gasteiger partial charge in [0, 0.05) is 17.2 Å². The molecule has 1 saturated carbocycles. The number of aromatic nitrogens is 1. The lowest BCUT2D eigenvalue weighted by atomic mass is 9.52. The van der Waals surface area contributed by atoms with Gasteiger partial charge in [-0.05, 0) is 91.8 Å². The number of anilines is 1. The van der Waals surface area contributed by atoms with Gasteiger partial charge in [-0.1, -0.05) is 55.8 Å². The quantitative estimate of drug-likeness (QED) is 0.474. The molecular formula is C30H34N2O2. The van der Waals surface area contributed by atoms with Crippen molar-refractivity contribution in [1.29, 1.82) is 0 Å². The normalized spacial score (nSPS) is 25.8. The number of carbonyl (C=O) groups excluding carboxylic acids is 1. The van der Waals surface area contributed by atoms with Crippen molar-refractivity contribution in [2.45, 2.75) is 69.3 Å². The van der Waals surface area contributed by atoms with Gasteiger partial charge in [-0.3, -0.25) is 4.79 Å². The first-order chi connectivity index (χ1) is 16.5. The van der Waals surface area contributed by atoms with Gasteiger partial charge >= 0.3 is 0 Å². The standard InChI is InChI=1S/C30H34N2O2/c1-2-15-29(34)16-17-30(20-22-8-4-3-5-9-22)25(21-29)13-11-23-19-24(12-14-26(23)30)28(33)32-27-10-6-7-18-31-27/h3-10,12,14,18-19,25,34H,2,11,13,15-17,20-21H2,1H3,(H,31,32,33)/t25-,29-,30+/m1/s1. The van der Waals surface area contributed by atoms with Crippen molar-refractivity contribution < 1.29 is 9.90 Å². The second kappa shape index (κ2) is 9.34. The Kier molecular flexibility index (Phi) is 6.26. The third-order valence-electron chi connectivity index (χ3n) is 8.09. The number of rotatable bonds is 6. The molecule has 0 spiro atoms. The van der Waals surface area contributed by atoms with Crippen LogP contribution >= 0.6 is 0 Å². The number of amides is 1. The molecule has 2 aliphatic carbocycles. The zero-order chi connectivity index (χ0) is 23.6. The van der Waals surface area contributed by atoms with Crippen molar-refractivity contribution >= 4 is 11.7 Å². The van der Waals surface area contributed by atoms with Crippen molar-refractivity contribution in [2.24, 2.45) is 5.92 Å². The number of pyridine rings is 1. The maximum absolute atomic E-state index is 12.9. The maximum Gasteiger partial charge on any atom is 0.256 e. The third-order valence-corrected chi connectivity index (χ3v) is 8.09. The minimum Gasteiger partial charge on any atom is -0.390 e. The van der Waals surface area contributed by atoms with Crippen LogP contribution in [-0.2, 0) is 18.3 Å². The molecule has 34 heavy (non-hydrogen) atoms. The molecule has 176 valence electrons. The smallest absolute Gasteiger partial charge is 0.256 e. The van der Waals surface area contributed by atoms with Crippen molar-refractivity contribution in [1.82, 2.24) is 4.98 Å². The molecule has 3 atom stereocenters. The fraction of sp³-hybridized carbons (Fsp3) is 0.400. The third kappa shape index (κ3) is 4.39. The highest BCUT2D eigenvalue weighted by Crippen LogP contribution is 2.55. The summed E-state index contributed by atoms with van der Waals surface area (Å²) in [5.41, 5.74) is 4.14. The first-order valence-corrected chi connectivity index (χ1v) is 12.6. The van der Waals surface area contributed by atoms with Crippen LogP contribution in [0.15, 0.2) is 72.9 Å². The van der Waals surface area contributed by atoms with E-state index in [1.54, 1.807) is 12.3 Å². The number of hydrogen-bond acceptors (Lipinski definition) is 3. The van der Waals surface area contributed by atoms with Gasteiger partial charge in [0.25, 0.3) is 5.91 Å². The predicted octanol–water partition coefficient (Wildman–Crippen LogP) is 6.09. The Bertz CT molecular complexity index is 1150. The van der Waals surface area contributed by atoms with Crippen LogP contribution in [0.1, 0.15) is 72.5 Å². The van der Waals surface area contributed by atoms with E-state index < -0.39 is 5.60 Å². The van der Waals surface area contributed by atoms with Crippen molar-refractivity contribution in [3.63, 3.8) is 0 Å². The van der Waals surface area contributed by atoms with Gasteiger partial charge < -0.3 is 10.4 Å². The second-order valence-corrected chi connectivity index (χ2v) is 10.3. The molecule has 2 aromatic carbocycles. The first-order valence-electron chi connectivity index (χ1n) is 12.6. The summed E-state index contributed by atoms with van der Waals surface area (Å²) in [5.74, 6) is 0.883. The Balaban J connectivity index is 1.49. The Morgan fingerprint density at radius 2 is 1.91 bits per heavy atom. The Morgan fingerprint density at radius 3 is 2.68 bits per heavy atom. The molecule has 1 amide bonds. The summed E-state index contributed by atoms with van der Waals surface area (Å²) in [6.07, 6.45) is 9.24. The van der Waals surface area contributed by atoms with E-state index in [9.17, 15) is 9.90 Å². The summed E-state index contributed by atoms with van der Waals surface area (Å²) in [5, 5.41) is 14.2. The molecule has 0 unspecified atom stereocenters. The molecule has 4 nitrogen and oxygen atoms in total. The maximum atomic E-state index is 12.9. The van der Waals surface area contributed by atoms with Crippen LogP contribution in [0.25, 0.3) is 0 Å². The highest BCUT2D eigenvalue weighted by atomic mass is 16.3. The monoisotopic (exact) mass is 454 g/mol. The number of benzene rings is 2. The van der Waals surface area contributed by atoms with E-state index in [2.05, 4.69) is 59.7 Å². The van der Waals surface area contributed by atoms with E-state index in [4.69, 9.17) is 0 Å². The van der Waals surface area contributed by atoms with Gasteiger partial charge in [-0.2, -0.15) is 0 Å². The summed E-state index contributed by atoms with van der Waals surface area (Å²) >= 11 is 0. The van der Waals surface area contributed by atoms with Crippen LogP contribution in [-0.4, -0.2) is 21.6 Å². The molecule has 1 heterocycles. The molecular weight excluding hydrogens is 420 g/mol. The minimum atomic E-state index is -0.542. The van der Waals surface area contributed by atoms with Crippen LogP contribution < -0.4 is 5.32 Å². The Labute approximate surface area is 202 Å². The fourth-order valence-electron chi connectivity index (χ4n) is 6.51. The number of hydrogen-bond donors (Lipinski definition) is 2. The summed E-state index contributed by atoms with van der Waals surface area (Å²) in [7, 11) is 0. The van der Waals surface area contributed by atoms with E-state index in [1.807, 2.05) is 18.2 Å². The average Bonchev–Trinajstić information content (AvgIpc) is 2.85. The molecule has 2 aliphatic rings. The Hall–Kier alpha value is -2.98. The lowest BCUT2D eigenvalue weighted by Crippen LogP contribution is -2.51. The van der Waals surface area contributed by atoms with Crippen molar-refractivity contribution in [3.8, 4) is 0 Å². The molecule has 1 fully saturated rings. The lowest BCUT2D eigenvalue weighted by Gasteiger charge is -2.53. The highest BCUT2D eigenvalue weighted by Gasteiger charge is 2.51. The number of aryl methyl sites for hydroxylation is 1. The van der Waals surface area contributed by atoms with Crippen LogP contribution in [0.3, 0.4) is 0 Å². The first kappa shape index (κ1) is 22.8. The highest BCUT2D eigenvalue weighted by molar-refractivity contribution is 6.03. The second-order valence-electron chi connectivity index (χ2n) is 10.3. The van der Waals surface area contributed by atoms with Gasteiger partial charge in [0.05, 0.1) is 5.60 Å². The predicted molar refractivity (Wildman–Crippen MR) is 136 cm³/mol.